The van der Waals surface area contributed by atoms with Gasteiger partial charge in [0.05, 0.1) is 0 Å². The lowest BCUT2D eigenvalue weighted by Crippen LogP contribution is -2.50. The van der Waals surface area contributed by atoms with E-state index < -0.39 is 6.17 Å². The van der Waals surface area contributed by atoms with Gasteiger partial charge >= 0.3 is 0 Å². The van der Waals surface area contributed by atoms with Crippen molar-refractivity contribution in [1.29, 1.82) is 0 Å². The SMILES string of the molecule is CC(=O)[C@H]1CC[C@H]2[C@@H]3CC=C4CC(F)CC[C@]4(C)[C@H]3CC[C@]12C. The van der Waals surface area contributed by atoms with Gasteiger partial charge in [-0.1, -0.05) is 25.5 Å². The molecule has 3 saturated carbocycles. The highest BCUT2D eigenvalue weighted by Gasteiger charge is 2.59. The van der Waals surface area contributed by atoms with Crippen LogP contribution >= 0.6 is 0 Å². The summed E-state index contributed by atoms with van der Waals surface area (Å²) in [6, 6.07) is 0. The molecule has 0 spiro atoms. The zero-order valence-corrected chi connectivity index (χ0v) is 14.9. The van der Waals surface area contributed by atoms with Crippen LogP contribution in [-0.2, 0) is 4.79 Å². The van der Waals surface area contributed by atoms with Crippen molar-refractivity contribution in [3.8, 4) is 0 Å². The predicted octanol–water partition coefficient (Wildman–Crippen LogP) is 5.49. The van der Waals surface area contributed by atoms with Gasteiger partial charge in [-0.2, -0.15) is 0 Å². The van der Waals surface area contributed by atoms with Gasteiger partial charge in [0.25, 0.3) is 0 Å². The van der Waals surface area contributed by atoms with Crippen molar-refractivity contribution < 1.29 is 9.18 Å². The summed E-state index contributed by atoms with van der Waals surface area (Å²) in [5.41, 5.74) is 1.88. The van der Waals surface area contributed by atoms with E-state index in [0.29, 0.717) is 18.1 Å². The highest BCUT2D eigenvalue weighted by Crippen LogP contribution is 2.66. The maximum atomic E-state index is 13.9. The molecule has 4 aliphatic rings. The van der Waals surface area contributed by atoms with Crippen molar-refractivity contribution in [2.45, 2.75) is 78.3 Å². The second-order valence-corrected chi connectivity index (χ2v) is 9.38. The zero-order chi connectivity index (χ0) is 16.4. The Kier molecular flexibility index (Phi) is 3.56. The molecule has 0 heterocycles. The van der Waals surface area contributed by atoms with E-state index in [1.807, 2.05) is 0 Å². The summed E-state index contributed by atoms with van der Waals surface area (Å²) in [5.74, 6) is 2.84. The Labute approximate surface area is 140 Å². The van der Waals surface area contributed by atoms with Crippen LogP contribution in [0.5, 0.6) is 0 Å². The van der Waals surface area contributed by atoms with Crippen LogP contribution in [0.1, 0.15) is 72.1 Å². The van der Waals surface area contributed by atoms with Crippen molar-refractivity contribution in [3.63, 3.8) is 0 Å². The van der Waals surface area contributed by atoms with Crippen LogP contribution in [0.2, 0.25) is 0 Å². The maximum Gasteiger partial charge on any atom is 0.133 e. The van der Waals surface area contributed by atoms with Gasteiger partial charge in [-0.15, -0.1) is 0 Å². The van der Waals surface area contributed by atoms with Crippen molar-refractivity contribution in [2.24, 2.45) is 34.5 Å². The van der Waals surface area contributed by atoms with Crippen molar-refractivity contribution >= 4 is 5.78 Å². The van der Waals surface area contributed by atoms with Gasteiger partial charge in [-0.25, -0.2) is 4.39 Å². The highest BCUT2D eigenvalue weighted by atomic mass is 19.1. The number of carbonyl (C=O) groups excluding carboxylic acids is 1. The number of alkyl halides is 1. The smallest absolute Gasteiger partial charge is 0.133 e. The molecule has 0 radical (unpaired) electrons. The van der Waals surface area contributed by atoms with E-state index in [-0.39, 0.29) is 16.7 Å². The minimum absolute atomic E-state index is 0.228. The molecule has 0 amide bonds. The first-order valence-electron chi connectivity index (χ1n) is 9.70. The Morgan fingerprint density at radius 2 is 1.91 bits per heavy atom. The number of Topliss-reactive ketones (excluding diaryl/α,β-unsaturated/α-hetero) is 1. The van der Waals surface area contributed by atoms with E-state index in [1.54, 1.807) is 6.92 Å². The molecule has 1 unspecified atom stereocenters. The van der Waals surface area contributed by atoms with E-state index in [2.05, 4.69) is 19.9 Å². The van der Waals surface area contributed by atoms with E-state index >= 15 is 0 Å². The fraction of sp³-hybridized carbons (Fsp3) is 0.857. The first-order valence-corrected chi connectivity index (χ1v) is 9.70. The number of rotatable bonds is 1. The van der Waals surface area contributed by atoms with E-state index in [0.717, 1.165) is 37.5 Å². The molecule has 4 aliphatic carbocycles. The second-order valence-electron chi connectivity index (χ2n) is 9.38. The molecule has 1 nitrogen and oxygen atoms in total. The Hall–Kier alpha value is -0.660. The Balaban J connectivity index is 1.66. The Morgan fingerprint density at radius 3 is 2.65 bits per heavy atom. The van der Waals surface area contributed by atoms with Crippen molar-refractivity contribution in [2.75, 3.05) is 0 Å². The number of allylic oxidation sites excluding steroid dienone is 2. The van der Waals surface area contributed by atoms with Crippen LogP contribution < -0.4 is 0 Å². The highest BCUT2D eigenvalue weighted by molar-refractivity contribution is 5.79. The summed E-state index contributed by atoms with van der Waals surface area (Å²) in [6.07, 6.45) is 10.1. The molecule has 0 aromatic carbocycles. The number of ketones is 1. The largest absolute Gasteiger partial charge is 0.300 e. The summed E-state index contributed by atoms with van der Waals surface area (Å²) in [6.45, 7) is 6.61. The minimum Gasteiger partial charge on any atom is -0.300 e. The lowest BCUT2D eigenvalue weighted by molar-refractivity contribution is -0.127. The van der Waals surface area contributed by atoms with Crippen LogP contribution in [0.25, 0.3) is 0 Å². The van der Waals surface area contributed by atoms with Gasteiger partial charge in [-0.05, 0) is 80.5 Å². The van der Waals surface area contributed by atoms with Crippen molar-refractivity contribution in [1.82, 2.24) is 0 Å². The lowest BCUT2D eigenvalue weighted by Gasteiger charge is -2.57. The molecule has 0 bridgehead atoms. The van der Waals surface area contributed by atoms with Crippen LogP contribution in [-0.4, -0.2) is 12.0 Å². The first kappa shape index (κ1) is 15.8. The summed E-state index contributed by atoms with van der Waals surface area (Å²) in [7, 11) is 0. The van der Waals surface area contributed by atoms with Crippen LogP contribution in [0, 0.1) is 34.5 Å². The molecule has 4 rings (SSSR count). The summed E-state index contributed by atoms with van der Waals surface area (Å²) >= 11 is 0. The molecule has 23 heavy (non-hydrogen) atoms. The second kappa shape index (κ2) is 5.17. The third-order valence-electron chi connectivity index (χ3n) is 8.53. The molecule has 7 atom stereocenters. The maximum absolute atomic E-state index is 13.9. The predicted molar refractivity (Wildman–Crippen MR) is 90.8 cm³/mol. The normalized spacial score (nSPS) is 52.2. The summed E-state index contributed by atoms with van der Waals surface area (Å²) in [4.78, 5) is 12.1. The molecule has 128 valence electrons. The van der Waals surface area contributed by atoms with Gasteiger partial charge < -0.3 is 0 Å². The van der Waals surface area contributed by atoms with Gasteiger partial charge in [0, 0.05) is 12.3 Å². The van der Waals surface area contributed by atoms with Crippen LogP contribution in [0.15, 0.2) is 11.6 Å². The summed E-state index contributed by atoms with van der Waals surface area (Å²) < 4.78 is 13.9. The molecule has 0 saturated heterocycles. The molecule has 0 aliphatic heterocycles. The molecular weight excluding hydrogens is 287 g/mol. The minimum atomic E-state index is -0.617. The lowest BCUT2D eigenvalue weighted by atomic mass is 9.47. The summed E-state index contributed by atoms with van der Waals surface area (Å²) in [5, 5.41) is 0. The number of fused-ring (bicyclic) bond motifs is 5. The van der Waals surface area contributed by atoms with Gasteiger partial charge in [0.1, 0.15) is 12.0 Å². The van der Waals surface area contributed by atoms with Gasteiger partial charge in [0.2, 0.25) is 0 Å². The zero-order valence-electron chi connectivity index (χ0n) is 14.9. The molecule has 3 fully saturated rings. The first-order chi connectivity index (χ1) is 10.9. The molecule has 2 heteroatoms. The molecular formula is C21H31FO. The third-order valence-corrected chi connectivity index (χ3v) is 8.53. The fourth-order valence-electron chi connectivity index (χ4n) is 7.28. The van der Waals surface area contributed by atoms with Crippen LogP contribution in [0.3, 0.4) is 0 Å². The number of hydrogen-bond acceptors (Lipinski definition) is 1. The quantitative estimate of drug-likeness (QED) is 0.584. The van der Waals surface area contributed by atoms with Crippen molar-refractivity contribution in [3.05, 3.63) is 11.6 Å². The Bertz CT molecular complexity index is 552. The number of carbonyl (C=O) groups is 1. The van der Waals surface area contributed by atoms with Crippen LogP contribution in [0.4, 0.5) is 4.39 Å². The standard InChI is InChI=1S/C21H31FO/c1-13(23)17-6-7-18-16-5-4-14-12-15(22)8-10-20(14,2)19(16)9-11-21(17,18)3/h4,15-19H,5-12H2,1-3H3/t15?,16-,17+,18-,19-,20-,21+/m0/s1. The van der Waals surface area contributed by atoms with Gasteiger partial charge in [0.15, 0.2) is 0 Å². The van der Waals surface area contributed by atoms with E-state index in [4.69, 9.17) is 0 Å². The average Bonchev–Trinajstić information content (AvgIpc) is 2.85. The fourth-order valence-corrected chi connectivity index (χ4v) is 7.28. The Morgan fingerprint density at radius 1 is 1.13 bits per heavy atom. The monoisotopic (exact) mass is 318 g/mol. The molecule has 0 aromatic heterocycles. The average molecular weight is 318 g/mol. The number of hydrogen-bond donors (Lipinski definition) is 0. The van der Waals surface area contributed by atoms with E-state index in [9.17, 15) is 9.18 Å². The molecule has 0 N–H and O–H groups in total. The van der Waals surface area contributed by atoms with E-state index in [1.165, 1.54) is 24.8 Å². The number of halogens is 1. The third kappa shape index (κ3) is 2.12. The topological polar surface area (TPSA) is 17.1 Å². The molecule has 0 aromatic rings. The van der Waals surface area contributed by atoms with Gasteiger partial charge in [-0.3, -0.25) is 4.79 Å².